The van der Waals surface area contributed by atoms with E-state index < -0.39 is 0 Å². The zero-order chi connectivity index (χ0) is 12.8. The number of amides is 1. The minimum atomic E-state index is -0.00855. The van der Waals surface area contributed by atoms with E-state index in [1.807, 2.05) is 6.07 Å². The van der Waals surface area contributed by atoms with Crippen molar-refractivity contribution in [3.63, 3.8) is 0 Å². The largest absolute Gasteiger partial charge is 0.497 e. The molecule has 0 saturated heterocycles. The second-order valence-electron chi connectivity index (χ2n) is 4.33. The van der Waals surface area contributed by atoms with Gasteiger partial charge in [-0.2, -0.15) is 0 Å². The van der Waals surface area contributed by atoms with Crippen molar-refractivity contribution in [1.82, 2.24) is 5.32 Å². The predicted octanol–water partition coefficient (Wildman–Crippen LogP) is 2.66. The first-order valence-corrected chi connectivity index (χ1v) is 6.00. The van der Waals surface area contributed by atoms with E-state index in [4.69, 9.17) is 16.3 Å². The summed E-state index contributed by atoms with van der Waals surface area (Å²) in [5.41, 5.74) is 0.814. The minimum Gasteiger partial charge on any atom is -0.497 e. The summed E-state index contributed by atoms with van der Waals surface area (Å²) in [5.74, 6) is 1.14. The second-order valence-corrected chi connectivity index (χ2v) is 4.74. The molecule has 0 bridgehead atoms. The van der Waals surface area contributed by atoms with Gasteiger partial charge in [-0.05, 0) is 23.6 Å². The smallest absolute Gasteiger partial charge is 0.224 e. The third-order valence-corrected chi connectivity index (χ3v) is 2.67. The lowest BCUT2D eigenvalue weighted by Gasteiger charge is -2.09. The van der Waals surface area contributed by atoms with Crippen molar-refractivity contribution >= 4 is 17.5 Å². The topological polar surface area (TPSA) is 38.3 Å². The third kappa shape index (κ3) is 4.65. The van der Waals surface area contributed by atoms with E-state index in [2.05, 4.69) is 19.2 Å². The molecule has 1 N–H and O–H groups in total. The van der Waals surface area contributed by atoms with Gasteiger partial charge in [0, 0.05) is 11.6 Å². The number of carbonyl (C=O) groups is 1. The molecule has 1 amide bonds. The van der Waals surface area contributed by atoms with Crippen molar-refractivity contribution in [2.75, 3.05) is 13.7 Å². The van der Waals surface area contributed by atoms with Gasteiger partial charge in [0.05, 0.1) is 13.5 Å². The summed E-state index contributed by atoms with van der Waals surface area (Å²) >= 11 is 6.05. The molecule has 0 aliphatic carbocycles. The molecule has 0 radical (unpaired) electrons. The van der Waals surface area contributed by atoms with E-state index in [9.17, 15) is 4.79 Å². The first-order valence-electron chi connectivity index (χ1n) is 5.62. The predicted molar refractivity (Wildman–Crippen MR) is 69.6 cm³/mol. The summed E-state index contributed by atoms with van der Waals surface area (Å²) in [6.07, 6.45) is 0.301. The lowest BCUT2D eigenvalue weighted by atomic mass is 10.1. The SMILES string of the molecule is COc1ccc(CC(=O)NCC(C)C)c(Cl)c1. The number of carbonyl (C=O) groups excluding carboxylic acids is 1. The second kappa shape index (κ2) is 6.50. The van der Waals surface area contributed by atoms with Crippen LogP contribution in [0.1, 0.15) is 19.4 Å². The van der Waals surface area contributed by atoms with Crippen molar-refractivity contribution in [3.8, 4) is 5.75 Å². The van der Waals surface area contributed by atoms with Gasteiger partial charge in [-0.15, -0.1) is 0 Å². The highest BCUT2D eigenvalue weighted by molar-refractivity contribution is 6.31. The highest BCUT2D eigenvalue weighted by Gasteiger charge is 2.08. The molecular formula is C13H18ClNO2. The Balaban J connectivity index is 2.59. The van der Waals surface area contributed by atoms with Crippen LogP contribution in [0.5, 0.6) is 5.75 Å². The molecule has 0 aromatic heterocycles. The Morgan fingerprint density at radius 3 is 2.71 bits per heavy atom. The van der Waals surface area contributed by atoms with Crippen LogP contribution in [0.25, 0.3) is 0 Å². The maximum atomic E-state index is 11.6. The van der Waals surface area contributed by atoms with Crippen molar-refractivity contribution in [1.29, 1.82) is 0 Å². The fourth-order valence-electron chi connectivity index (χ4n) is 1.35. The van der Waals surface area contributed by atoms with Crippen LogP contribution >= 0.6 is 11.6 Å². The third-order valence-electron chi connectivity index (χ3n) is 2.32. The Morgan fingerprint density at radius 1 is 1.47 bits per heavy atom. The van der Waals surface area contributed by atoms with Gasteiger partial charge >= 0.3 is 0 Å². The molecule has 0 aliphatic heterocycles. The summed E-state index contributed by atoms with van der Waals surface area (Å²) in [6.45, 7) is 4.80. The average molecular weight is 256 g/mol. The standard InChI is InChI=1S/C13H18ClNO2/c1-9(2)8-15-13(16)6-10-4-5-11(17-3)7-12(10)14/h4-5,7,9H,6,8H2,1-3H3,(H,15,16). The van der Waals surface area contributed by atoms with Gasteiger partial charge in [-0.25, -0.2) is 0 Å². The molecule has 17 heavy (non-hydrogen) atoms. The Labute approximate surface area is 107 Å². The van der Waals surface area contributed by atoms with Gasteiger partial charge in [0.15, 0.2) is 0 Å². The van der Waals surface area contributed by atoms with Crippen LogP contribution in [0.3, 0.4) is 0 Å². The Bertz CT molecular complexity index is 391. The Morgan fingerprint density at radius 2 is 2.18 bits per heavy atom. The van der Waals surface area contributed by atoms with Crippen LogP contribution < -0.4 is 10.1 Å². The number of ether oxygens (including phenoxy) is 1. The number of hydrogen-bond donors (Lipinski definition) is 1. The van der Waals surface area contributed by atoms with Gasteiger partial charge in [0.2, 0.25) is 5.91 Å². The summed E-state index contributed by atoms with van der Waals surface area (Å²) in [6, 6.07) is 5.33. The lowest BCUT2D eigenvalue weighted by Crippen LogP contribution is -2.28. The van der Waals surface area contributed by atoms with Gasteiger partial charge in [0.25, 0.3) is 0 Å². The maximum Gasteiger partial charge on any atom is 0.224 e. The molecule has 0 aliphatic rings. The number of nitrogens with one attached hydrogen (secondary N) is 1. The van der Waals surface area contributed by atoms with E-state index in [-0.39, 0.29) is 5.91 Å². The normalized spacial score (nSPS) is 10.4. The maximum absolute atomic E-state index is 11.6. The van der Waals surface area contributed by atoms with Crippen molar-refractivity contribution in [2.45, 2.75) is 20.3 Å². The lowest BCUT2D eigenvalue weighted by molar-refractivity contribution is -0.120. The molecule has 0 atom stereocenters. The molecular weight excluding hydrogens is 238 g/mol. The number of methoxy groups -OCH3 is 1. The molecule has 0 saturated carbocycles. The molecule has 0 heterocycles. The number of halogens is 1. The molecule has 1 aromatic rings. The number of hydrogen-bond acceptors (Lipinski definition) is 2. The van der Waals surface area contributed by atoms with Gasteiger partial charge in [-0.3, -0.25) is 4.79 Å². The molecule has 0 fully saturated rings. The molecule has 0 spiro atoms. The fourth-order valence-corrected chi connectivity index (χ4v) is 1.59. The number of benzene rings is 1. The molecule has 0 unspecified atom stereocenters. The van der Waals surface area contributed by atoms with Crippen LogP contribution in [-0.2, 0) is 11.2 Å². The molecule has 1 rings (SSSR count). The van der Waals surface area contributed by atoms with Gasteiger partial charge in [0.1, 0.15) is 5.75 Å². The first-order chi connectivity index (χ1) is 8.02. The van der Waals surface area contributed by atoms with Crippen LogP contribution in [-0.4, -0.2) is 19.6 Å². The Hall–Kier alpha value is -1.22. The number of rotatable bonds is 5. The Kier molecular flexibility index (Phi) is 5.29. The average Bonchev–Trinajstić information content (AvgIpc) is 2.29. The monoisotopic (exact) mass is 255 g/mol. The summed E-state index contributed by atoms with van der Waals surface area (Å²) in [5, 5.41) is 3.42. The molecule has 94 valence electrons. The summed E-state index contributed by atoms with van der Waals surface area (Å²) in [7, 11) is 1.58. The fraction of sp³-hybridized carbons (Fsp3) is 0.462. The van der Waals surface area contributed by atoms with Crippen LogP contribution in [0.4, 0.5) is 0 Å². The minimum absolute atomic E-state index is 0.00855. The molecule has 3 nitrogen and oxygen atoms in total. The van der Waals surface area contributed by atoms with E-state index in [1.54, 1.807) is 19.2 Å². The van der Waals surface area contributed by atoms with Gasteiger partial charge < -0.3 is 10.1 Å². The summed E-state index contributed by atoms with van der Waals surface area (Å²) in [4.78, 5) is 11.6. The van der Waals surface area contributed by atoms with Crippen LogP contribution in [0.2, 0.25) is 5.02 Å². The first kappa shape index (κ1) is 13.8. The quantitative estimate of drug-likeness (QED) is 0.879. The molecule has 1 aromatic carbocycles. The zero-order valence-electron chi connectivity index (χ0n) is 10.4. The summed E-state index contributed by atoms with van der Waals surface area (Å²) < 4.78 is 5.05. The van der Waals surface area contributed by atoms with Crippen molar-refractivity contribution in [2.24, 2.45) is 5.92 Å². The van der Waals surface area contributed by atoms with Crippen molar-refractivity contribution in [3.05, 3.63) is 28.8 Å². The highest BCUT2D eigenvalue weighted by atomic mass is 35.5. The van der Waals surface area contributed by atoms with E-state index in [0.29, 0.717) is 29.7 Å². The van der Waals surface area contributed by atoms with E-state index in [1.165, 1.54) is 0 Å². The zero-order valence-corrected chi connectivity index (χ0v) is 11.2. The van der Waals surface area contributed by atoms with Crippen LogP contribution in [0, 0.1) is 5.92 Å². The van der Waals surface area contributed by atoms with E-state index >= 15 is 0 Å². The van der Waals surface area contributed by atoms with Crippen LogP contribution in [0.15, 0.2) is 18.2 Å². The van der Waals surface area contributed by atoms with Crippen molar-refractivity contribution < 1.29 is 9.53 Å². The highest BCUT2D eigenvalue weighted by Crippen LogP contribution is 2.22. The van der Waals surface area contributed by atoms with E-state index in [0.717, 1.165) is 5.56 Å². The van der Waals surface area contributed by atoms with Gasteiger partial charge in [-0.1, -0.05) is 31.5 Å². The molecule has 4 heteroatoms.